The monoisotopic (exact) mass is 381 g/mol. The number of hydrogen-bond acceptors (Lipinski definition) is 5. The topological polar surface area (TPSA) is 69.7 Å². The third-order valence-electron chi connectivity index (χ3n) is 3.83. The lowest BCUT2D eigenvalue weighted by atomic mass is 10.2. The van der Waals surface area contributed by atoms with Gasteiger partial charge in [-0.2, -0.15) is 0 Å². The molecule has 0 aliphatic heterocycles. The molecule has 6 nitrogen and oxygen atoms in total. The van der Waals surface area contributed by atoms with Gasteiger partial charge in [0.1, 0.15) is 0 Å². The van der Waals surface area contributed by atoms with Crippen molar-refractivity contribution in [2.24, 2.45) is 0 Å². The summed E-state index contributed by atoms with van der Waals surface area (Å²) < 4.78 is 25.5. The van der Waals surface area contributed by atoms with Crippen LogP contribution in [0.15, 0.2) is 46.7 Å². The molecule has 136 valence electrons. The van der Waals surface area contributed by atoms with Gasteiger partial charge in [0.25, 0.3) is 5.91 Å². The van der Waals surface area contributed by atoms with Crippen molar-refractivity contribution in [2.45, 2.75) is 10.9 Å². The second-order valence-corrected chi connectivity index (χ2v) is 9.15. The molecular formula is C17H23N3O3S2. The number of hydrogen-bond donors (Lipinski definition) is 1. The average molecular weight is 382 g/mol. The highest BCUT2D eigenvalue weighted by Crippen LogP contribution is 2.22. The first-order valence-electron chi connectivity index (χ1n) is 7.74. The summed E-state index contributed by atoms with van der Waals surface area (Å²) in [7, 11) is 3.28. The molecule has 1 unspecified atom stereocenters. The Morgan fingerprint density at radius 1 is 1.16 bits per heavy atom. The fraction of sp³-hybridized carbons (Fsp3) is 0.353. The molecule has 1 aromatic carbocycles. The maximum absolute atomic E-state index is 12.5. The molecule has 1 atom stereocenters. The number of carbonyl (C=O) groups is 1. The van der Waals surface area contributed by atoms with Gasteiger partial charge in [-0.3, -0.25) is 4.79 Å². The molecule has 2 rings (SSSR count). The number of sulfonamides is 1. The number of amides is 1. The van der Waals surface area contributed by atoms with Gasteiger partial charge in [0.15, 0.2) is 0 Å². The molecule has 0 spiro atoms. The van der Waals surface area contributed by atoms with Crippen LogP contribution in [0, 0.1) is 0 Å². The van der Waals surface area contributed by atoms with Gasteiger partial charge in [0.05, 0.1) is 10.9 Å². The zero-order valence-corrected chi connectivity index (χ0v) is 16.4. The molecule has 1 amide bonds. The van der Waals surface area contributed by atoms with Crippen LogP contribution < -0.4 is 5.32 Å². The van der Waals surface area contributed by atoms with Crippen molar-refractivity contribution in [3.05, 3.63) is 52.2 Å². The van der Waals surface area contributed by atoms with E-state index in [1.807, 2.05) is 36.5 Å². The van der Waals surface area contributed by atoms with E-state index in [4.69, 9.17) is 0 Å². The third kappa shape index (κ3) is 4.66. The highest BCUT2D eigenvalue weighted by molar-refractivity contribution is 7.89. The van der Waals surface area contributed by atoms with Crippen molar-refractivity contribution in [3.8, 4) is 0 Å². The highest BCUT2D eigenvalue weighted by Gasteiger charge is 2.20. The van der Waals surface area contributed by atoms with Crippen molar-refractivity contribution in [2.75, 3.05) is 34.7 Å². The predicted octanol–water partition coefficient (Wildman–Crippen LogP) is 2.03. The summed E-state index contributed by atoms with van der Waals surface area (Å²) in [5.74, 6) is -0.292. The van der Waals surface area contributed by atoms with E-state index < -0.39 is 10.0 Å². The van der Waals surface area contributed by atoms with Crippen LogP contribution in [-0.4, -0.2) is 58.3 Å². The molecule has 8 heteroatoms. The van der Waals surface area contributed by atoms with Crippen LogP contribution >= 0.6 is 11.3 Å². The van der Waals surface area contributed by atoms with Gasteiger partial charge < -0.3 is 10.2 Å². The maximum Gasteiger partial charge on any atom is 0.251 e. The van der Waals surface area contributed by atoms with Crippen LogP contribution in [0.5, 0.6) is 0 Å². The van der Waals surface area contributed by atoms with E-state index in [1.54, 1.807) is 23.5 Å². The number of nitrogens with zero attached hydrogens (tertiary/aromatic N) is 2. The number of carbonyl (C=O) groups excluding carboxylic acids is 1. The average Bonchev–Trinajstić information content (AvgIpc) is 3.08. The zero-order valence-electron chi connectivity index (χ0n) is 14.8. The lowest BCUT2D eigenvalue weighted by Gasteiger charge is -2.23. The summed E-state index contributed by atoms with van der Waals surface area (Å²) in [6, 6.07) is 10.2. The van der Waals surface area contributed by atoms with E-state index in [9.17, 15) is 13.2 Å². The second-order valence-electron chi connectivity index (χ2n) is 6.02. The van der Waals surface area contributed by atoms with Crippen molar-refractivity contribution in [3.63, 3.8) is 0 Å². The first-order chi connectivity index (χ1) is 11.7. The van der Waals surface area contributed by atoms with Gasteiger partial charge in [-0.15, -0.1) is 11.3 Å². The summed E-state index contributed by atoms with van der Waals surface area (Å²) in [5.41, 5.74) is 0.326. The highest BCUT2D eigenvalue weighted by atomic mass is 32.2. The van der Waals surface area contributed by atoms with E-state index in [-0.39, 0.29) is 16.8 Å². The molecule has 0 bridgehead atoms. The van der Waals surface area contributed by atoms with Crippen LogP contribution in [0.3, 0.4) is 0 Å². The van der Waals surface area contributed by atoms with Crippen molar-refractivity contribution in [1.82, 2.24) is 14.5 Å². The lowest BCUT2D eigenvalue weighted by Crippen LogP contribution is -2.34. The SMILES string of the molecule is CN(C)C(CNC(=O)c1cccc(S(=O)(=O)N(C)C)c1)c1cccs1. The minimum atomic E-state index is -3.57. The second kappa shape index (κ2) is 8.09. The Morgan fingerprint density at radius 2 is 1.88 bits per heavy atom. The lowest BCUT2D eigenvalue weighted by molar-refractivity contribution is 0.0942. The van der Waals surface area contributed by atoms with Crippen molar-refractivity contribution < 1.29 is 13.2 Å². The Morgan fingerprint density at radius 3 is 2.44 bits per heavy atom. The van der Waals surface area contributed by atoms with Gasteiger partial charge in [0.2, 0.25) is 10.0 Å². The van der Waals surface area contributed by atoms with Crippen molar-refractivity contribution >= 4 is 27.3 Å². The fourth-order valence-electron chi connectivity index (χ4n) is 2.32. The van der Waals surface area contributed by atoms with Crippen molar-refractivity contribution in [1.29, 1.82) is 0 Å². The molecule has 0 aliphatic rings. The normalized spacial score (nSPS) is 13.2. The Kier molecular flexibility index (Phi) is 6.34. The van der Waals surface area contributed by atoms with Gasteiger partial charge in [-0.25, -0.2) is 12.7 Å². The molecule has 0 aliphatic carbocycles. The van der Waals surface area contributed by atoms with E-state index in [1.165, 1.54) is 26.2 Å². The van der Waals surface area contributed by atoms with Crippen LogP contribution in [0.2, 0.25) is 0 Å². The number of nitrogens with one attached hydrogen (secondary N) is 1. The van der Waals surface area contributed by atoms with E-state index in [0.717, 1.165) is 9.18 Å². The fourth-order valence-corrected chi connectivity index (χ4v) is 4.19. The summed E-state index contributed by atoms with van der Waals surface area (Å²) in [6.45, 7) is 0.441. The number of thiophene rings is 1. The van der Waals surface area contributed by atoms with Crippen LogP contribution in [0.4, 0.5) is 0 Å². The first-order valence-corrected chi connectivity index (χ1v) is 10.1. The molecule has 0 saturated heterocycles. The number of likely N-dealkylation sites (N-methyl/N-ethyl adjacent to an activating group) is 1. The first kappa shape index (κ1) is 19.6. The van der Waals surface area contributed by atoms with E-state index in [0.29, 0.717) is 12.1 Å². The third-order valence-corrected chi connectivity index (χ3v) is 6.61. The molecule has 1 aromatic heterocycles. The molecule has 0 fully saturated rings. The standard InChI is InChI=1S/C17H23N3O3S2/c1-19(2)15(16-9-6-10-24-16)12-18-17(21)13-7-5-8-14(11-13)25(22,23)20(3)4/h5-11,15H,12H2,1-4H3,(H,18,21). The van der Waals surface area contributed by atoms with Gasteiger partial charge >= 0.3 is 0 Å². The molecule has 25 heavy (non-hydrogen) atoms. The Balaban J connectivity index is 2.13. The Labute approximate surface area is 153 Å². The predicted molar refractivity (Wildman–Crippen MR) is 100 cm³/mol. The van der Waals surface area contributed by atoms with E-state index in [2.05, 4.69) is 5.32 Å². The maximum atomic E-state index is 12.5. The molecular weight excluding hydrogens is 358 g/mol. The minimum absolute atomic E-state index is 0.0673. The molecule has 1 heterocycles. The van der Waals surface area contributed by atoms with Gasteiger partial charge in [0, 0.05) is 31.1 Å². The molecule has 0 saturated carbocycles. The number of benzene rings is 1. The Bertz CT molecular complexity index is 815. The van der Waals surface area contributed by atoms with E-state index >= 15 is 0 Å². The van der Waals surface area contributed by atoms with Crippen LogP contribution in [0.1, 0.15) is 21.3 Å². The van der Waals surface area contributed by atoms with Crippen LogP contribution in [0.25, 0.3) is 0 Å². The quantitative estimate of drug-likeness (QED) is 0.797. The summed E-state index contributed by atoms with van der Waals surface area (Å²) in [6.07, 6.45) is 0. The molecule has 0 radical (unpaired) electrons. The smallest absolute Gasteiger partial charge is 0.251 e. The molecule has 1 N–H and O–H groups in total. The van der Waals surface area contributed by atoms with Gasteiger partial charge in [-0.1, -0.05) is 12.1 Å². The summed E-state index contributed by atoms with van der Waals surface area (Å²) in [5, 5.41) is 4.90. The van der Waals surface area contributed by atoms with Gasteiger partial charge in [-0.05, 0) is 43.7 Å². The van der Waals surface area contributed by atoms with Crippen LogP contribution in [-0.2, 0) is 10.0 Å². The summed E-state index contributed by atoms with van der Waals surface area (Å²) >= 11 is 1.64. The Hall–Kier alpha value is -1.74. The molecule has 2 aromatic rings. The largest absolute Gasteiger partial charge is 0.350 e. The number of rotatable bonds is 7. The minimum Gasteiger partial charge on any atom is -0.350 e. The zero-order chi connectivity index (χ0) is 18.6. The summed E-state index contributed by atoms with van der Waals surface area (Å²) in [4.78, 5) is 15.8.